The van der Waals surface area contributed by atoms with Crippen LogP contribution in [0.4, 0.5) is 0 Å². The standard InChI is InChI=1S/C11H12Br2O/c12-8-3-4-9(10(13)7-8)11(14)5-1-2-6-11/h3-4,7,14H,1-2,5-6H2. The van der Waals surface area contributed by atoms with Gasteiger partial charge in [0.1, 0.15) is 0 Å². The molecule has 0 unspecified atom stereocenters. The molecule has 0 amide bonds. The van der Waals surface area contributed by atoms with Crippen LogP contribution in [0.5, 0.6) is 0 Å². The predicted molar refractivity (Wildman–Crippen MR) is 64.2 cm³/mol. The highest BCUT2D eigenvalue weighted by Crippen LogP contribution is 2.42. The van der Waals surface area contributed by atoms with E-state index in [1.54, 1.807) is 0 Å². The minimum atomic E-state index is -0.598. The number of aliphatic hydroxyl groups is 1. The predicted octanol–water partition coefficient (Wildman–Crippen LogP) is 3.97. The lowest BCUT2D eigenvalue weighted by Crippen LogP contribution is -2.21. The fourth-order valence-electron chi connectivity index (χ4n) is 2.10. The van der Waals surface area contributed by atoms with E-state index in [1.165, 1.54) is 0 Å². The van der Waals surface area contributed by atoms with Crippen LogP contribution < -0.4 is 0 Å². The maximum atomic E-state index is 10.4. The Kier molecular flexibility index (Phi) is 3.01. The van der Waals surface area contributed by atoms with E-state index in [9.17, 15) is 5.11 Å². The molecule has 0 aromatic heterocycles. The molecule has 1 aliphatic rings. The van der Waals surface area contributed by atoms with E-state index in [0.717, 1.165) is 40.2 Å². The molecule has 1 aromatic rings. The van der Waals surface area contributed by atoms with Crippen LogP contribution in [0.15, 0.2) is 27.1 Å². The summed E-state index contributed by atoms with van der Waals surface area (Å²) in [4.78, 5) is 0. The Morgan fingerprint density at radius 2 is 1.79 bits per heavy atom. The number of hydrogen-bond acceptors (Lipinski definition) is 1. The van der Waals surface area contributed by atoms with Crippen molar-refractivity contribution in [3.8, 4) is 0 Å². The first-order chi connectivity index (χ1) is 6.62. The molecule has 1 aromatic carbocycles. The van der Waals surface area contributed by atoms with Gasteiger partial charge in [-0.1, -0.05) is 50.8 Å². The second kappa shape index (κ2) is 3.95. The van der Waals surface area contributed by atoms with Crippen molar-refractivity contribution >= 4 is 31.9 Å². The highest BCUT2D eigenvalue weighted by Gasteiger charge is 2.34. The van der Waals surface area contributed by atoms with E-state index in [0.29, 0.717) is 0 Å². The maximum absolute atomic E-state index is 10.4. The summed E-state index contributed by atoms with van der Waals surface area (Å²) in [5.41, 5.74) is 0.428. The molecule has 1 nitrogen and oxygen atoms in total. The third-order valence-electron chi connectivity index (χ3n) is 2.86. The monoisotopic (exact) mass is 318 g/mol. The van der Waals surface area contributed by atoms with Crippen molar-refractivity contribution in [2.45, 2.75) is 31.3 Å². The lowest BCUT2D eigenvalue weighted by Gasteiger charge is -2.24. The van der Waals surface area contributed by atoms with Crippen molar-refractivity contribution in [1.82, 2.24) is 0 Å². The zero-order valence-corrected chi connectivity index (χ0v) is 10.9. The van der Waals surface area contributed by atoms with Crippen LogP contribution in [0.2, 0.25) is 0 Å². The summed E-state index contributed by atoms with van der Waals surface area (Å²) < 4.78 is 2.03. The van der Waals surface area contributed by atoms with Crippen LogP contribution in [-0.4, -0.2) is 5.11 Å². The van der Waals surface area contributed by atoms with E-state index >= 15 is 0 Å². The largest absolute Gasteiger partial charge is 0.385 e. The zero-order chi connectivity index (χ0) is 10.2. The maximum Gasteiger partial charge on any atom is 0.0907 e. The Labute approximate surface area is 101 Å². The Morgan fingerprint density at radius 3 is 2.36 bits per heavy atom. The van der Waals surface area contributed by atoms with Crippen molar-refractivity contribution in [3.05, 3.63) is 32.7 Å². The zero-order valence-electron chi connectivity index (χ0n) is 7.76. The summed E-state index contributed by atoms with van der Waals surface area (Å²) in [5.74, 6) is 0. The van der Waals surface area contributed by atoms with Crippen molar-refractivity contribution in [2.75, 3.05) is 0 Å². The Balaban J connectivity index is 2.40. The summed E-state index contributed by atoms with van der Waals surface area (Å²) in [7, 11) is 0. The van der Waals surface area contributed by atoms with E-state index in [-0.39, 0.29) is 0 Å². The minimum Gasteiger partial charge on any atom is -0.385 e. The van der Waals surface area contributed by atoms with Gasteiger partial charge in [0.2, 0.25) is 0 Å². The molecule has 0 spiro atoms. The van der Waals surface area contributed by atoms with Gasteiger partial charge in [0.15, 0.2) is 0 Å². The molecule has 0 radical (unpaired) electrons. The molecule has 0 bridgehead atoms. The van der Waals surface area contributed by atoms with E-state index in [2.05, 4.69) is 31.9 Å². The molecule has 0 heterocycles. The topological polar surface area (TPSA) is 20.2 Å². The van der Waals surface area contributed by atoms with Crippen molar-refractivity contribution in [1.29, 1.82) is 0 Å². The average Bonchev–Trinajstić information content (AvgIpc) is 2.52. The Morgan fingerprint density at radius 1 is 1.14 bits per heavy atom. The van der Waals surface area contributed by atoms with E-state index in [1.807, 2.05) is 18.2 Å². The lowest BCUT2D eigenvalue weighted by atomic mass is 9.92. The summed E-state index contributed by atoms with van der Waals surface area (Å²) in [6, 6.07) is 5.97. The third-order valence-corrected chi connectivity index (χ3v) is 4.01. The number of hydrogen-bond donors (Lipinski definition) is 1. The van der Waals surface area contributed by atoms with Crippen LogP contribution >= 0.6 is 31.9 Å². The summed E-state index contributed by atoms with van der Waals surface area (Å²) in [5, 5.41) is 10.4. The van der Waals surface area contributed by atoms with Gasteiger partial charge in [0.05, 0.1) is 5.60 Å². The molecule has 1 saturated carbocycles. The normalized spacial score (nSPS) is 19.9. The molecular formula is C11H12Br2O. The Bertz CT molecular complexity index is 343. The number of rotatable bonds is 1. The summed E-state index contributed by atoms with van der Waals surface area (Å²) in [6.45, 7) is 0. The first-order valence-corrected chi connectivity index (χ1v) is 6.38. The van der Waals surface area contributed by atoms with Crippen molar-refractivity contribution in [2.24, 2.45) is 0 Å². The SMILES string of the molecule is OC1(c2ccc(Br)cc2Br)CCCC1. The number of halogens is 2. The first kappa shape index (κ1) is 10.7. The molecule has 0 aliphatic heterocycles. The minimum absolute atomic E-state index is 0.598. The van der Waals surface area contributed by atoms with E-state index < -0.39 is 5.60 Å². The molecule has 1 N–H and O–H groups in total. The highest BCUT2D eigenvalue weighted by atomic mass is 79.9. The smallest absolute Gasteiger partial charge is 0.0907 e. The van der Waals surface area contributed by atoms with Crippen LogP contribution in [0, 0.1) is 0 Å². The molecule has 0 atom stereocenters. The van der Waals surface area contributed by atoms with Crippen molar-refractivity contribution in [3.63, 3.8) is 0 Å². The second-order valence-corrected chi connectivity index (χ2v) is 5.63. The molecule has 1 aliphatic carbocycles. The highest BCUT2D eigenvalue weighted by molar-refractivity contribution is 9.11. The molecule has 0 saturated heterocycles. The third kappa shape index (κ3) is 1.90. The quantitative estimate of drug-likeness (QED) is 0.830. The molecule has 14 heavy (non-hydrogen) atoms. The van der Waals surface area contributed by atoms with Crippen molar-refractivity contribution < 1.29 is 5.11 Å². The van der Waals surface area contributed by atoms with Crippen LogP contribution in [0.1, 0.15) is 31.2 Å². The van der Waals surface area contributed by atoms with E-state index in [4.69, 9.17) is 0 Å². The van der Waals surface area contributed by atoms with Gasteiger partial charge in [-0.05, 0) is 30.5 Å². The van der Waals surface area contributed by atoms with Gasteiger partial charge in [0.25, 0.3) is 0 Å². The molecule has 76 valence electrons. The van der Waals surface area contributed by atoms with Gasteiger partial charge in [-0.25, -0.2) is 0 Å². The van der Waals surface area contributed by atoms with Gasteiger partial charge >= 0.3 is 0 Å². The fraction of sp³-hybridized carbons (Fsp3) is 0.455. The second-order valence-electron chi connectivity index (χ2n) is 3.86. The van der Waals surface area contributed by atoms with Crippen LogP contribution in [0.25, 0.3) is 0 Å². The van der Waals surface area contributed by atoms with Gasteiger partial charge in [-0.15, -0.1) is 0 Å². The van der Waals surface area contributed by atoms with Gasteiger partial charge in [-0.3, -0.25) is 0 Å². The number of benzene rings is 1. The molecule has 2 rings (SSSR count). The molecule has 1 fully saturated rings. The average molecular weight is 320 g/mol. The Hall–Kier alpha value is 0.140. The first-order valence-electron chi connectivity index (χ1n) is 4.80. The summed E-state index contributed by atoms with van der Waals surface area (Å²) in [6.07, 6.45) is 4.01. The lowest BCUT2D eigenvalue weighted by molar-refractivity contribution is 0.0437. The van der Waals surface area contributed by atoms with Gasteiger partial charge in [0, 0.05) is 8.95 Å². The van der Waals surface area contributed by atoms with Gasteiger partial charge in [-0.2, -0.15) is 0 Å². The van der Waals surface area contributed by atoms with Gasteiger partial charge < -0.3 is 5.11 Å². The molecule has 3 heteroatoms. The fourth-order valence-corrected chi connectivity index (χ4v) is 3.51. The molecular weight excluding hydrogens is 308 g/mol. The van der Waals surface area contributed by atoms with Crippen LogP contribution in [0.3, 0.4) is 0 Å². The van der Waals surface area contributed by atoms with Crippen LogP contribution in [-0.2, 0) is 5.60 Å². The summed E-state index contributed by atoms with van der Waals surface area (Å²) >= 11 is 6.91.